The molecular formula is C19H19N7O2. The van der Waals surface area contributed by atoms with Crippen LogP contribution in [-0.4, -0.2) is 40.8 Å². The predicted octanol–water partition coefficient (Wildman–Crippen LogP) is 1.63. The lowest BCUT2D eigenvalue weighted by Crippen LogP contribution is -2.25. The lowest BCUT2D eigenvalue weighted by Gasteiger charge is -2.21. The van der Waals surface area contributed by atoms with Gasteiger partial charge in [-0.1, -0.05) is 6.07 Å². The van der Waals surface area contributed by atoms with Crippen molar-refractivity contribution in [1.82, 2.24) is 29.1 Å². The van der Waals surface area contributed by atoms with E-state index >= 15 is 0 Å². The number of aliphatic hydroxyl groups is 1. The summed E-state index contributed by atoms with van der Waals surface area (Å²) in [6.45, 7) is 3.07. The third-order valence-electron chi connectivity index (χ3n) is 5.06. The number of aryl methyl sites for hydroxylation is 1. The number of ether oxygens (including phenoxy) is 1. The number of anilines is 1. The first kappa shape index (κ1) is 16.7. The fourth-order valence-corrected chi connectivity index (χ4v) is 3.77. The lowest BCUT2D eigenvalue weighted by atomic mass is 9.91. The summed E-state index contributed by atoms with van der Waals surface area (Å²) in [7, 11) is 0. The first-order chi connectivity index (χ1) is 13.6. The second-order valence-electron chi connectivity index (χ2n) is 6.69. The van der Waals surface area contributed by atoms with E-state index in [2.05, 4.69) is 19.9 Å². The molecule has 0 bridgehead atoms. The fraction of sp³-hybridized carbons (Fsp3) is 0.263. The van der Waals surface area contributed by atoms with E-state index in [-0.39, 0.29) is 5.95 Å². The maximum Gasteiger partial charge on any atom is 0.303 e. The predicted molar refractivity (Wildman–Crippen MR) is 102 cm³/mol. The molecule has 0 saturated carbocycles. The molecule has 1 aromatic carbocycles. The number of nitrogens with two attached hydrogens (primary N) is 1. The molecule has 0 aliphatic carbocycles. The van der Waals surface area contributed by atoms with Crippen LogP contribution in [0, 0.1) is 0 Å². The zero-order valence-corrected chi connectivity index (χ0v) is 15.3. The van der Waals surface area contributed by atoms with Gasteiger partial charge in [-0.15, -0.1) is 0 Å². The normalized spacial score (nSPS) is 18.5. The van der Waals surface area contributed by atoms with Crippen LogP contribution in [0.25, 0.3) is 16.9 Å². The van der Waals surface area contributed by atoms with Gasteiger partial charge in [0, 0.05) is 37.6 Å². The van der Waals surface area contributed by atoms with Gasteiger partial charge in [0.25, 0.3) is 0 Å². The third-order valence-corrected chi connectivity index (χ3v) is 5.06. The van der Waals surface area contributed by atoms with Crippen molar-refractivity contribution in [2.75, 3.05) is 12.3 Å². The average Bonchev–Trinajstić information content (AvgIpc) is 3.37. The van der Waals surface area contributed by atoms with Crippen molar-refractivity contribution in [3.05, 3.63) is 54.2 Å². The van der Waals surface area contributed by atoms with E-state index in [0.29, 0.717) is 30.7 Å². The first-order valence-corrected chi connectivity index (χ1v) is 9.09. The van der Waals surface area contributed by atoms with E-state index in [1.165, 1.54) is 0 Å². The molecule has 5 rings (SSSR count). The molecule has 0 spiro atoms. The van der Waals surface area contributed by atoms with Crippen molar-refractivity contribution in [1.29, 1.82) is 0 Å². The minimum absolute atomic E-state index is 0.161. The standard InChI is InChI=1S/C19H19N7O2/c1-2-28-18-23-13-4-3-12(19(27)6-9-25-10-8-21-16(19)25)11-14(13)26(18)15-5-7-22-17(20)24-15/h3-5,7-8,10-11,27H,2,6,9H2,1H3,(H2,20,22,24). The van der Waals surface area contributed by atoms with Crippen LogP contribution in [0.4, 0.5) is 5.95 Å². The number of nitrogen functional groups attached to an aromatic ring is 1. The Balaban J connectivity index is 1.73. The molecular weight excluding hydrogens is 358 g/mol. The van der Waals surface area contributed by atoms with E-state index in [1.807, 2.05) is 35.9 Å². The minimum Gasteiger partial charge on any atom is -0.465 e. The van der Waals surface area contributed by atoms with Crippen molar-refractivity contribution in [2.45, 2.75) is 25.5 Å². The summed E-state index contributed by atoms with van der Waals surface area (Å²) >= 11 is 0. The molecule has 0 radical (unpaired) electrons. The summed E-state index contributed by atoms with van der Waals surface area (Å²) in [5, 5.41) is 11.4. The largest absolute Gasteiger partial charge is 0.465 e. The number of hydrogen-bond acceptors (Lipinski definition) is 7. The molecule has 1 atom stereocenters. The van der Waals surface area contributed by atoms with E-state index in [0.717, 1.165) is 23.1 Å². The molecule has 1 aliphatic heterocycles. The van der Waals surface area contributed by atoms with E-state index < -0.39 is 5.60 Å². The second kappa shape index (κ2) is 6.03. The number of aromatic nitrogens is 6. The number of rotatable bonds is 4. The van der Waals surface area contributed by atoms with Crippen molar-refractivity contribution < 1.29 is 9.84 Å². The van der Waals surface area contributed by atoms with Gasteiger partial charge in [-0.3, -0.25) is 0 Å². The molecule has 0 amide bonds. The third kappa shape index (κ3) is 2.36. The van der Waals surface area contributed by atoms with Crippen LogP contribution in [-0.2, 0) is 12.1 Å². The molecule has 1 unspecified atom stereocenters. The van der Waals surface area contributed by atoms with Crippen LogP contribution in [0.2, 0.25) is 0 Å². The smallest absolute Gasteiger partial charge is 0.303 e. The number of fused-ring (bicyclic) bond motifs is 2. The summed E-state index contributed by atoms with van der Waals surface area (Å²) in [6.07, 6.45) is 5.74. The van der Waals surface area contributed by atoms with Crippen molar-refractivity contribution in [3.8, 4) is 11.8 Å². The highest BCUT2D eigenvalue weighted by atomic mass is 16.5. The highest BCUT2D eigenvalue weighted by Gasteiger charge is 2.40. The Labute approximate surface area is 160 Å². The van der Waals surface area contributed by atoms with Gasteiger partial charge in [0.2, 0.25) is 5.95 Å². The zero-order valence-electron chi connectivity index (χ0n) is 15.3. The maximum atomic E-state index is 11.4. The van der Waals surface area contributed by atoms with Crippen LogP contribution in [0.3, 0.4) is 0 Å². The van der Waals surface area contributed by atoms with Crippen molar-refractivity contribution in [2.24, 2.45) is 0 Å². The molecule has 4 aromatic rings. The van der Waals surface area contributed by atoms with Crippen molar-refractivity contribution >= 4 is 17.0 Å². The summed E-state index contributed by atoms with van der Waals surface area (Å²) in [5.74, 6) is 1.36. The molecule has 142 valence electrons. The molecule has 28 heavy (non-hydrogen) atoms. The molecule has 0 saturated heterocycles. The Hall–Kier alpha value is -3.46. The zero-order chi connectivity index (χ0) is 19.3. The van der Waals surface area contributed by atoms with Gasteiger partial charge in [0.15, 0.2) is 0 Å². The number of benzene rings is 1. The maximum absolute atomic E-state index is 11.4. The fourth-order valence-electron chi connectivity index (χ4n) is 3.77. The Morgan fingerprint density at radius 3 is 2.93 bits per heavy atom. The Bertz CT molecular complexity index is 1180. The van der Waals surface area contributed by atoms with Crippen LogP contribution in [0.15, 0.2) is 42.9 Å². The molecule has 4 heterocycles. The summed E-state index contributed by atoms with van der Waals surface area (Å²) in [5.41, 5.74) is 6.87. The van der Waals surface area contributed by atoms with Crippen molar-refractivity contribution in [3.63, 3.8) is 0 Å². The van der Waals surface area contributed by atoms with E-state index in [9.17, 15) is 5.11 Å². The number of nitrogens with zero attached hydrogens (tertiary/aromatic N) is 6. The summed E-state index contributed by atoms with van der Waals surface area (Å²) < 4.78 is 9.48. The van der Waals surface area contributed by atoms with E-state index in [1.54, 1.807) is 23.0 Å². The first-order valence-electron chi connectivity index (χ1n) is 9.09. The SMILES string of the molecule is CCOc1nc2ccc(C3(O)CCn4ccnc43)cc2n1-c1ccnc(N)n1. The molecule has 9 heteroatoms. The second-order valence-corrected chi connectivity index (χ2v) is 6.69. The van der Waals surface area contributed by atoms with Gasteiger partial charge in [-0.25, -0.2) is 14.5 Å². The van der Waals surface area contributed by atoms with Gasteiger partial charge in [0.1, 0.15) is 17.2 Å². The van der Waals surface area contributed by atoms with Gasteiger partial charge in [-0.05, 0) is 24.6 Å². The van der Waals surface area contributed by atoms with Crippen LogP contribution in [0.5, 0.6) is 6.01 Å². The summed E-state index contributed by atoms with van der Waals surface area (Å²) in [6, 6.07) is 7.82. The highest BCUT2D eigenvalue weighted by Crippen LogP contribution is 2.39. The van der Waals surface area contributed by atoms with Crippen LogP contribution >= 0.6 is 0 Å². The van der Waals surface area contributed by atoms with Crippen LogP contribution in [0.1, 0.15) is 24.7 Å². The Morgan fingerprint density at radius 2 is 2.11 bits per heavy atom. The van der Waals surface area contributed by atoms with Gasteiger partial charge < -0.3 is 20.1 Å². The van der Waals surface area contributed by atoms with E-state index in [4.69, 9.17) is 10.5 Å². The molecule has 3 aromatic heterocycles. The topological polar surface area (TPSA) is 117 Å². The number of imidazole rings is 2. The molecule has 1 aliphatic rings. The molecule has 9 nitrogen and oxygen atoms in total. The Morgan fingerprint density at radius 1 is 1.21 bits per heavy atom. The lowest BCUT2D eigenvalue weighted by molar-refractivity contribution is 0.0787. The Kier molecular flexibility index (Phi) is 3.59. The minimum atomic E-state index is -1.15. The monoisotopic (exact) mass is 377 g/mol. The van der Waals surface area contributed by atoms with Gasteiger partial charge >= 0.3 is 6.01 Å². The highest BCUT2D eigenvalue weighted by molar-refractivity contribution is 5.80. The number of hydrogen-bond donors (Lipinski definition) is 2. The van der Waals surface area contributed by atoms with Crippen LogP contribution < -0.4 is 10.5 Å². The quantitative estimate of drug-likeness (QED) is 0.555. The summed E-state index contributed by atoms with van der Waals surface area (Å²) in [4.78, 5) is 17.2. The average molecular weight is 377 g/mol. The molecule has 0 fully saturated rings. The van der Waals surface area contributed by atoms with Gasteiger partial charge in [0.05, 0.1) is 17.6 Å². The molecule has 3 N–H and O–H groups in total. The van der Waals surface area contributed by atoms with Gasteiger partial charge in [-0.2, -0.15) is 9.97 Å².